The molecule has 2 rings (SSSR count). The molecule has 0 spiro atoms. The highest BCUT2D eigenvalue weighted by Gasteiger charge is 2.24. The minimum absolute atomic E-state index is 0. The smallest absolute Gasteiger partial charge is 0.251 e. The van der Waals surface area contributed by atoms with Crippen LogP contribution in [0.2, 0.25) is 0 Å². The van der Waals surface area contributed by atoms with Crippen LogP contribution in [0, 0.1) is 6.92 Å². The van der Waals surface area contributed by atoms with Gasteiger partial charge in [0.25, 0.3) is 5.91 Å². The fourth-order valence-electron chi connectivity index (χ4n) is 3.30. The van der Waals surface area contributed by atoms with Crippen molar-refractivity contribution in [1.29, 1.82) is 0 Å². The van der Waals surface area contributed by atoms with Crippen molar-refractivity contribution in [3.05, 3.63) is 35.4 Å². The molecule has 1 aromatic carbocycles. The van der Waals surface area contributed by atoms with Crippen molar-refractivity contribution in [2.24, 2.45) is 5.73 Å². The molecule has 1 aliphatic rings. The number of likely N-dealkylation sites (tertiary alicyclic amines) is 1. The lowest BCUT2D eigenvalue weighted by molar-refractivity contribution is -0.132. The van der Waals surface area contributed by atoms with Gasteiger partial charge in [0, 0.05) is 31.1 Å². The summed E-state index contributed by atoms with van der Waals surface area (Å²) in [5.41, 5.74) is 7.20. The molecule has 5 nitrogen and oxygen atoms in total. The Bertz CT molecular complexity index is 572. The zero-order valence-electron chi connectivity index (χ0n) is 15.7. The number of amides is 2. The van der Waals surface area contributed by atoms with Gasteiger partial charge in [-0.2, -0.15) is 0 Å². The number of hydrogen-bond donors (Lipinski definition) is 2. The molecule has 26 heavy (non-hydrogen) atoms. The van der Waals surface area contributed by atoms with Crippen molar-refractivity contribution in [2.75, 3.05) is 19.6 Å². The Morgan fingerprint density at radius 2 is 1.77 bits per heavy atom. The topological polar surface area (TPSA) is 75.4 Å². The molecule has 0 radical (unpaired) electrons. The molecule has 0 aliphatic carbocycles. The fourth-order valence-corrected chi connectivity index (χ4v) is 3.30. The number of carbonyl (C=O) groups excluding carboxylic acids is 2. The molecule has 146 valence electrons. The van der Waals surface area contributed by atoms with Crippen LogP contribution in [0.4, 0.5) is 0 Å². The number of carbonyl (C=O) groups is 2. The van der Waals surface area contributed by atoms with E-state index in [9.17, 15) is 9.59 Å². The molecule has 0 bridgehead atoms. The van der Waals surface area contributed by atoms with E-state index in [4.69, 9.17) is 5.73 Å². The van der Waals surface area contributed by atoms with Crippen LogP contribution in [0.3, 0.4) is 0 Å². The average molecular weight is 382 g/mol. The van der Waals surface area contributed by atoms with Gasteiger partial charge in [-0.25, -0.2) is 0 Å². The van der Waals surface area contributed by atoms with Gasteiger partial charge in [-0.1, -0.05) is 31.0 Å². The molecule has 1 heterocycles. The summed E-state index contributed by atoms with van der Waals surface area (Å²) in [4.78, 5) is 26.6. The van der Waals surface area contributed by atoms with E-state index in [1.54, 1.807) is 0 Å². The summed E-state index contributed by atoms with van der Waals surface area (Å²) in [6.45, 7) is 4.15. The van der Waals surface area contributed by atoms with Crippen LogP contribution in [0.15, 0.2) is 24.3 Å². The van der Waals surface area contributed by atoms with E-state index < -0.39 is 0 Å². The number of piperidine rings is 1. The van der Waals surface area contributed by atoms with Gasteiger partial charge in [-0.05, 0) is 50.8 Å². The number of hydrogen-bond acceptors (Lipinski definition) is 3. The highest BCUT2D eigenvalue weighted by Crippen LogP contribution is 2.15. The predicted octanol–water partition coefficient (Wildman–Crippen LogP) is 3.05. The second kappa shape index (κ2) is 11.9. The van der Waals surface area contributed by atoms with Gasteiger partial charge in [0.15, 0.2) is 0 Å². The first kappa shape index (κ1) is 22.5. The van der Waals surface area contributed by atoms with E-state index in [-0.39, 0.29) is 30.3 Å². The summed E-state index contributed by atoms with van der Waals surface area (Å²) in [6.07, 6.45) is 6.46. The molecule has 1 saturated heterocycles. The van der Waals surface area contributed by atoms with E-state index in [0.29, 0.717) is 6.42 Å². The van der Waals surface area contributed by atoms with Crippen LogP contribution in [-0.4, -0.2) is 42.4 Å². The standard InChI is InChI=1S/C20H31N3O2.ClH/c1-16-8-5-6-9-18(16)20(25)22-17-11-14-23(15-12-17)19(24)10-4-2-3-7-13-21;/h5-6,8-9,17H,2-4,7,10-15,21H2,1H3,(H,22,25);1H. The summed E-state index contributed by atoms with van der Waals surface area (Å²) in [5.74, 6) is 0.235. The lowest BCUT2D eigenvalue weighted by atomic mass is 10.0. The molecule has 0 aromatic heterocycles. The second-order valence-corrected chi connectivity index (χ2v) is 6.90. The second-order valence-electron chi connectivity index (χ2n) is 6.90. The molecule has 6 heteroatoms. The molecular formula is C20H32ClN3O2. The van der Waals surface area contributed by atoms with E-state index in [1.807, 2.05) is 36.1 Å². The van der Waals surface area contributed by atoms with Crippen LogP contribution in [0.25, 0.3) is 0 Å². The van der Waals surface area contributed by atoms with Gasteiger partial charge in [0.2, 0.25) is 5.91 Å². The molecule has 2 amide bonds. The van der Waals surface area contributed by atoms with Crippen molar-refractivity contribution >= 4 is 24.2 Å². The average Bonchev–Trinajstić information content (AvgIpc) is 2.62. The Kier molecular flexibility index (Phi) is 10.3. The monoisotopic (exact) mass is 381 g/mol. The maximum Gasteiger partial charge on any atom is 0.251 e. The number of rotatable bonds is 8. The highest BCUT2D eigenvalue weighted by atomic mass is 35.5. The molecule has 3 N–H and O–H groups in total. The van der Waals surface area contributed by atoms with Crippen molar-refractivity contribution < 1.29 is 9.59 Å². The number of nitrogens with one attached hydrogen (secondary N) is 1. The third kappa shape index (κ3) is 6.96. The first-order valence-electron chi connectivity index (χ1n) is 9.46. The summed E-state index contributed by atoms with van der Waals surface area (Å²) >= 11 is 0. The van der Waals surface area contributed by atoms with Gasteiger partial charge < -0.3 is 16.0 Å². The Morgan fingerprint density at radius 1 is 1.12 bits per heavy atom. The molecule has 1 aliphatic heterocycles. The fraction of sp³-hybridized carbons (Fsp3) is 0.600. The minimum atomic E-state index is -0.0113. The summed E-state index contributed by atoms with van der Waals surface area (Å²) in [5, 5.41) is 3.11. The number of nitrogens with zero attached hydrogens (tertiary/aromatic N) is 1. The zero-order valence-corrected chi connectivity index (χ0v) is 16.5. The number of nitrogens with two attached hydrogens (primary N) is 1. The molecule has 1 aromatic rings. The molecule has 0 atom stereocenters. The summed E-state index contributed by atoms with van der Waals surface area (Å²) < 4.78 is 0. The first-order chi connectivity index (χ1) is 12.1. The number of halogens is 1. The number of aryl methyl sites for hydroxylation is 1. The van der Waals surface area contributed by atoms with Crippen molar-refractivity contribution in [3.8, 4) is 0 Å². The molecular weight excluding hydrogens is 350 g/mol. The Hall–Kier alpha value is -1.59. The number of benzene rings is 1. The summed E-state index contributed by atoms with van der Waals surface area (Å²) in [7, 11) is 0. The highest BCUT2D eigenvalue weighted by molar-refractivity contribution is 5.95. The zero-order chi connectivity index (χ0) is 18.1. The van der Waals surface area contributed by atoms with Gasteiger partial charge in [-0.15, -0.1) is 12.4 Å². The van der Waals surface area contributed by atoms with Crippen LogP contribution in [0.1, 0.15) is 60.9 Å². The van der Waals surface area contributed by atoms with Gasteiger partial charge >= 0.3 is 0 Å². The van der Waals surface area contributed by atoms with E-state index >= 15 is 0 Å². The lowest BCUT2D eigenvalue weighted by Gasteiger charge is -2.32. The largest absolute Gasteiger partial charge is 0.349 e. The van der Waals surface area contributed by atoms with E-state index in [2.05, 4.69) is 5.32 Å². The molecule has 1 fully saturated rings. The molecule has 0 saturated carbocycles. The lowest BCUT2D eigenvalue weighted by Crippen LogP contribution is -2.46. The SMILES string of the molecule is Cc1ccccc1C(=O)NC1CCN(C(=O)CCCCCCN)CC1.Cl. The minimum Gasteiger partial charge on any atom is -0.349 e. The number of unbranched alkanes of at least 4 members (excludes halogenated alkanes) is 3. The third-order valence-electron chi connectivity index (χ3n) is 4.92. The maximum atomic E-state index is 12.4. The van der Waals surface area contributed by atoms with Crippen LogP contribution < -0.4 is 11.1 Å². The summed E-state index contributed by atoms with van der Waals surface area (Å²) in [6, 6.07) is 7.78. The van der Waals surface area contributed by atoms with Crippen molar-refractivity contribution in [3.63, 3.8) is 0 Å². The quantitative estimate of drug-likeness (QED) is 0.679. The molecule has 0 unspecified atom stereocenters. The predicted molar refractivity (Wildman–Crippen MR) is 108 cm³/mol. The Balaban J connectivity index is 0.00000338. The van der Waals surface area contributed by atoms with Crippen LogP contribution in [0.5, 0.6) is 0 Å². The normalized spacial score (nSPS) is 14.6. The van der Waals surface area contributed by atoms with Crippen molar-refractivity contribution in [1.82, 2.24) is 10.2 Å². The van der Waals surface area contributed by atoms with E-state index in [0.717, 1.165) is 69.3 Å². The van der Waals surface area contributed by atoms with Crippen LogP contribution in [-0.2, 0) is 4.79 Å². The van der Waals surface area contributed by atoms with Gasteiger partial charge in [0.1, 0.15) is 0 Å². The van der Waals surface area contributed by atoms with E-state index in [1.165, 1.54) is 0 Å². The maximum absolute atomic E-state index is 12.4. The first-order valence-corrected chi connectivity index (χ1v) is 9.46. The van der Waals surface area contributed by atoms with Gasteiger partial charge in [-0.3, -0.25) is 9.59 Å². The van der Waals surface area contributed by atoms with Crippen LogP contribution >= 0.6 is 12.4 Å². The van der Waals surface area contributed by atoms with Gasteiger partial charge in [0.05, 0.1) is 0 Å². The Morgan fingerprint density at radius 3 is 2.42 bits per heavy atom. The third-order valence-corrected chi connectivity index (χ3v) is 4.92. The van der Waals surface area contributed by atoms with Crippen molar-refractivity contribution in [2.45, 2.75) is 57.9 Å². The Labute approximate surface area is 163 Å².